The predicted molar refractivity (Wildman–Crippen MR) is 50.1 cm³/mol. The number of aliphatic hydroxyl groups excluding tert-OH is 1. The molecular formula is C10H16N2O. The van der Waals surface area contributed by atoms with Crippen LogP contribution in [0.2, 0.25) is 0 Å². The molecule has 1 aromatic rings. The second kappa shape index (κ2) is 3.14. The molecule has 72 valence electrons. The maximum Gasteiger partial charge on any atom is 0.0949 e. The smallest absolute Gasteiger partial charge is 0.0949 e. The number of rotatable bonds is 4. The van der Waals surface area contributed by atoms with E-state index in [1.54, 1.807) is 6.20 Å². The molecule has 1 aliphatic carbocycles. The van der Waals surface area contributed by atoms with Gasteiger partial charge in [0.1, 0.15) is 0 Å². The number of aliphatic hydroxyl groups is 1. The molecule has 0 radical (unpaired) electrons. The van der Waals surface area contributed by atoms with Crippen LogP contribution in [0.25, 0.3) is 0 Å². The maximum absolute atomic E-state index is 9.04. The Morgan fingerprint density at radius 3 is 2.92 bits per heavy atom. The molecule has 1 aliphatic rings. The normalized spacial score (nSPS) is 18.9. The quantitative estimate of drug-likeness (QED) is 0.763. The molecule has 2 rings (SSSR count). The first-order chi connectivity index (χ1) is 6.29. The summed E-state index contributed by atoms with van der Waals surface area (Å²) >= 11 is 0. The molecule has 0 bridgehead atoms. The average Bonchev–Trinajstić information content (AvgIpc) is 2.78. The van der Waals surface area contributed by atoms with Gasteiger partial charge in [-0.05, 0) is 24.7 Å². The third-order valence-electron chi connectivity index (χ3n) is 3.17. The largest absolute Gasteiger partial charge is 0.390 e. The zero-order valence-corrected chi connectivity index (χ0v) is 8.03. The third-order valence-corrected chi connectivity index (χ3v) is 3.17. The first kappa shape index (κ1) is 8.75. The van der Waals surface area contributed by atoms with Gasteiger partial charge >= 0.3 is 0 Å². The highest BCUT2D eigenvalue weighted by atomic mass is 16.3. The van der Waals surface area contributed by atoms with Gasteiger partial charge in [0.05, 0.1) is 24.8 Å². The van der Waals surface area contributed by atoms with Crippen LogP contribution in [0.1, 0.15) is 31.9 Å². The minimum atomic E-state index is 0.0970. The van der Waals surface area contributed by atoms with Crippen molar-refractivity contribution in [3.05, 3.63) is 18.2 Å². The number of hydrogen-bond acceptors (Lipinski definition) is 2. The topological polar surface area (TPSA) is 38.0 Å². The molecule has 0 spiro atoms. The molecule has 0 atom stereocenters. The van der Waals surface area contributed by atoms with Crippen molar-refractivity contribution in [3.8, 4) is 0 Å². The molecule has 0 saturated heterocycles. The number of imidazole rings is 1. The van der Waals surface area contributed by atoms with Crippen molar-refractivity contribution in [1.82, 2.24) is 9.55 Å². The van der Waals surface area contributed by atoms with E-state index in [0.29, 0.717) is 5.41 Å². The lowest BCUT2D eigenvalue weighted by atomic mass is 10.0. The van der Waals surface area contributed by atoms with Crippen LogP contribution in [0.4, 0.5) is 0 Å². The van der Waals surface area contributed by atoms with Crippen molar-refractivity contribution in [2.45, 2.75) is 39.3 Å². The fourth-order valence-electron chi connectivity index (χ4n) is 1.78. The van der Waals surface area contributed by atoms with E-state index in [1.807, 2.05) is 6.33 Å². The summed E-state index contributed by atoms with van der Waals surface area (Å²) in [4.78, 5) is 4.04. The standard InChI is InChI=1S/C10H16N2O/c1-2-10(3-4-10)7-12-8-11-5-9(12)6-13/h5,8,13H,2-4,6-7H2,1H3. The monoisotopic (exact) mass is 180 g/mol. The van der Waals surface area contributed by atoms with Crippen LogP contribution < -0.4 is 0 Å². The lowest BCUT2D eigenvalue weighted by Crippen LogP contribution is -2.12. The van der Waals surface area contributed by atoms with Crippen molar-refractivity contribution in [1.29, 1.82) is 0 Å². The van der Waals surface area contributed by atoms with Crippen LogP contribution in [-0.2, 0) is 13.2 Å². The second-order valence-corrected chi connectivity index (χ2v) is 4.02. The maximum atomic E-state index is 9.04. The Morgan fingerprint density at radius 2 is 2.38 bits per heavy atom. The van der Waals surface area contributed by atoms with Gasteiger partial charge in [-0.1, -0.05) is 6.92 Å². The van der Waals surface area contributed by atoms with E-state index in [9.17, 15) is 0 Å². The molecule has 1 fully saturated rings. The van der Waals surface area contributed by atoms with Gasteiger partial charge in [-0.3, -0.25) is 0 Å². The molecule has 3 nitrogen and oxygen atoms in total. The van der Waals surface area contributed by atoms with Gasteiger partial charge < -0.3 is 9.67 Å². The van der Waals surface area contributed by atoms with Crippen LogP contribution >= 0.6 is 0 Å². The molecule has 1 saturated carbocycles. The molecule has 1 aromatic heterocycles. The van der Waals surface area contributed by atoms with Crippen LogP contribution in [0.3, 0.4) is 0 Å². The van der Waals surface area contributed by atoms with Gasteiger partial charge in [0.15, 0.2) is 0 Å². The SMILES string of the molecule is CCC1(Cn2cncc2CO)CC1. The van der Waals surface area contributed by atoms with Crippen molar-refractivity contribution >= 4 is 0 Å². The third kappa shape index (κ3) is 1.61. The summed E-state index contributed by atoms with van der Waals surface area (Å²) in [5.74, 6) is 0. The zero-order valence-electron chi connectivity index (χ0n) is 8.03. The van der Waals surface area contributed by atoms with E-state index in [1.165, 1.54) is 19.3 Å². The van der Waals surface area contributed by atoms with E-state index < -0.39 is 0 Å². The van der Waals surface area contributed by atoms with Gasteiger partial charge in [-0.25, -0.2) is 4.98 Å². The van der Waals surface area contributed by atoms with Gasteiger partial charge in [-0.2, -0.15) is 0 Å². The first-order valence-corrected chi connectivity index (χ1v) is 4.89. The molecule has 0 aromatic carbocycles. The van der Waals surface area contributed by atoms with Crippen molar-refractivity contribution in [2.24, 2.45) is 5.41 Å². The van der Waals surface area contributed by atoms with E-state index in [-0.39, 0.29) is 6.61 Å². The van der Waals surface area contributed by atoms with Gasteiger partial charge in [-0.15, -0.1) is 0 Å². The number of nitrogens with zero attached hydrogens (tertiary/aromatic N) is 2. The summed E-state index contributed by atoms with van der Waals surface area (Å²) in [6, 6.07) is 0. The minimum Gasteiger partial charge on any atom is -0.390 e. The Labute approximate surface area is 78.4 Å². The summed E-state index contributed by atoms with van der Waals surface area (Å²) < 4.78 is 2.08. The number of aromatic nitrogens is 2. The molecule has 1 N–H and O–H groups in total. The highest BCUT2D eigenvalue weighted by Gasteiger charge is 2.40. The van der Waals surface area contributed by atoms with Crippen LogP contribution in [0.5, 0.6) is 0 Å². The van der Waals surface area contributed by atoms with Crippen molar-refractivity contribution < 1.29 is 5.11 Å². The minimum absolute atomic E-state index is 0.0970. The van der Waals surface area contributed by atoms with E-state index in [4.69, 9.17) is 5.11 Å². The Bertz CT molecular complexity index is 289. The Kier molecular flexibility index (Phi) is 2.12. The molecule has 0 amide bonds. The Morgan fingerprint density at radius 1 is 1.62 bits per heavy atom. The van der Waals surface area contributed by atoms with Gasteiger partial charge in [0.25, 0.3) is 0 Å². The summed E-state index contributed by atoms with van der Waals surface area (Å²) in [7, 11) is 0. The first-order valence-electron chi connectivity index (χ1n) is 4.89. The average molecular weight is 180 g/mol. The van der Waals surface area contributed by atoms with Gasteiger partial charge in [0.2, 0.25) is 0 Å². The Balaban J connectivity index is 2.09. The van der Waals surface area contributed by atoms with Crippen LogP contribution in [0.15, 0.2) is 12.5 Å². The van der Waals surface area contributed by atoms with E-state index >= 15 is 0 Å². The molecule has 1 heterocycles. The predicted octanol–water partition coefficient (Wildman–Crippen LogP) is 1.57. The second-order valence-electron chi connectivity index (χ2n) is 4.02. The molecule has 0 aliphatic heterocycles. The van der Waals surface area contributed by atoms with Crippen molar-refractivity contribution in [2.75, 3.05) is 0 Å². The highest BCUT2D eigenvalue weighted by molar-refractivity contribution is 5.00. The molecule has 0 unspecified atom stereocenters. The summed E-state index contributed by atoms with van der Waals surface area (Å²) in [5, 5.41) is 9.04. The lowest BCUT2D eigenvalue weighted by molar-refractivity contribution is 0.265. The molecular weight excluding hydrogens is 164 g/mol. The highest BCUT2D eigenvalue weighted by Crippen LogP contribution is 2.50. The Hall–Kier alpha value is -0.830. The fraction of sp³-hybridized carbons (Fsp3) is 0.700. The fourth-order valence-corrected chi connectivity index (χ4v) is 1.78. The van der Waals surface area contributed by atoms with E-state index in [2.05, 4.69) is 16.5 Å². The lowest BCUT2D eigenvalue weighted by Gasteiger charge is -2.14. The van der Waals surface area contributed by atoms with Crippen LogP contribution in [0, 0.1) is 5.41 Å². The summed E-state index contributed by atoms with van der Waals surface area (Å²) in [5.41, 5.74) is 1.45. The van der Waals surface area contributed by atoms with E-state index in [0.717, 1.165) is 12.2 Å². The van der Waals surface area contributed by atoms with Gasteiger partial charge in [0, 0.05) is 6.54 Å². The molecule has 13 heavy (non-hydrogen) atoms. The van der Waals surface area contributed by atoms with Crippen molar-refractivity contribution in [3.63, 3.8) is 0 Å². The number of hydrogen-bond donors (Lipinski definition) is 1. The van der Waals surface area contributed by atoms with Crippen LogP contribution in [-0.4, -0.2) is 14.7 Å². The molecule has 3 heteroatoms. The summed E-state index contributed by atoms with van der Waals surface area (Å²) in [6.45, 7) is 3.36. The summed E-state index contributed by atoms with van der Waals surface area (Å²) in [6.07, 6.45) is 7.45. The zero-order chi connectivity index (χ0) is 9.31.